The maximum atomic E-state index is 6.33. The molecule has 2 aromatic rings. The SMILES string of the molecule is CC(Nc1cccc(Cl)c1-n1cccn1)C1(C)CC1. The molecule has 1 N–H and O–H groups in total. The molecule has 0 saturated heterocycles. The van der Waals surface area contributed by atoms with Crippen molar-refractivity contribution in [3.05, 3.63) is 41.7 Å². The second-order valence-corrected chi connectivity index (χ2v) is 6.01. The summed E-state index contributed by atoms with van der Waals surface area (Å²) in [6.45, 7) is 4.56. The van der Waals surface area contributed by atoms with E-state index in [2.05, 4.69) is 30.3 Å². The van der Waals surface area contributed by atoms with E-state index in [4.69, 9.17) is 11.6 Å². The van der Waals surface area contributed by atoms with Crippen molar-refractivity contribution in [3.63, 3.8) is 0 Å². The van der Waals surface area contributed by atoms with Crippen LogP contribution in [-0.2, 0) is 0 Å². The Balaban J connectivity index is 1.95. The van der Waals surface area contributed by atoms with Gasteiger partial charge in [-0.15, -0.1) is 0 Å². The van der Waals surface area contributed by atoms with Gasteiger partial charge in [0, 0.05) is 18.4 Å². The molecule has 0 amide bonds. The molecule has 1 heterocycles. The Morgan fingerprint density at radius 2 is 2.16 bits per heavy atom. The lowest BCUT2D eigenvalue weighted by Crippen LogP contribution is -2.25. The number of nitrogens with zero attached hydrogens (tertiary/aromatic N) is 2. The summed E-state index contributed by atoms with van der Waals surface area (Å²) in [6.07, 6.45) is 6.26. The van der Waals surface area contributed by atoms with Gasteiger partial charge in [0.25, 0.3) is 0 Å². The quantitative estimate of drug-likeness (QED) is 0.909. The summed E-state index contributed by atoms with van der Waals surface area (Å²) < 4.78 is 1.81. The van der Waals surface area contributed by atoms with E-state index in [9.17, 15) is 0 Å². The number of hydrogen-bond acceptors (Lipinski definition) is 2. The smallest absolute Gasteiger partial charge is 0.106 e. The summed E-state index contributed by atoms with van der Waals surface area (Å²) in [6, 6.07) is 8.26. The lowest BCUT2D eigenvalue weighted by molar-refractivity contribution is 0.493. The summed E-state index contributed by atoms with van der Waals surface area (Å²) in [5, 5.41) is 8.59. The molecule has 0 aliphatic heterocycles. The van der Waals surface area contributed by atoms with E-state index < -0.39 is 0 Å². The van der Waals surface area contributed by atoms with Crippen LogP contribution in [0.1, 0.15) is 26.7 Å². The minimum absolute atomic E-state index is 0.420. The first-order valence-electron chi connectivity index (χ1n) is 6.65. The molecule has 100 valence electrons. The van der Waals surface area contributed by atoms with Gasteiger partial charge in [0.15, 0.2) is 0 Å². The van der Waals surface area contributed by atoms with Crippen molar-refractivity contribution in [3.8, 4) is 5.69 Å². The Morgan fingerprint density at radius 3 is 2.79 bits per heavy atom. The third-order valence-corrected chi connectivity index (χ3v) is 4.48. The van der Waals surface area contributed by atoms with Crippen LogP contribution in [0, 0.1) is 5.41 Å². The Hall–Kier alpha value is -1.48. The van der Waals surface area contributed by atoms with Crippen LogP contribution >= 0.6 is 11.6 Å². The van der Waals surface area contributed by atoms with Gasteiger partial charge in [0.2, 0.25) is 0 Å². The van der Waals surface area contributed by atoms with Crippen LogP contribution in [0.2, 0.25) is 5.02 Å². The molecule has 3 rings (SSSR count). The Labute approximate surface area is 118 Å². The van der Waals surface area contributed by atoms with E-state index in [0.29, 0.717) is 16.5 Å². The van der Waals surface area contributed by atoms with Gasteiger partial charge >= 0.3 is 0 Å². The Morgan fingerprint density at radius 1 is 1.37 bits per heavy atom. The van der Waals surface area contributed by atoms with E-state index in [-0.39, 0.29) is 0 Å². The molecule has 1 atom stereocenters. The fourth-order valence-electron chi connectivity index (χ4n) is 2.30. The van der Waals surface area contributed by atoms with E-state index >= 15 is 0 Å². The molecule has 4 heteroatoms. The van der Waals surface area contributed by atoms with Crippen molar-refractivity contribution in [1.82, 2.24) is 9.78 Å². The maximum absolute atomic E-state index is 6.33. The number of benzene rings is 1. The van der Waals surface area contributed by atoms with Gasteiger partial charge in [-0.1, -0.05) is 24.6 Å². The molecular formula is C15H18ClN3. The molecule has 1 aromatic heterocycles. The predicted octanol–water partition coefficient (Wildman–Crippen LogP) is 4.13. The third kappa shape index (κ3) is 2.35. The zero-order valence-corrected chi connectivity index (χ0v) is 12.0. The first-order chi connectivity index (χ1) is 9.10. The van der Waals surface area contributed by atoms with Gasteiger partial charge in [-0.3, -0.25) is 0 Å². The van der Waals surface area contributed by atoms with Crippen molar-refractivity contribution in [2.75, 3.05) is 5.32 Å². The first-order valence-corrected chi connectivity index (χ1v) is 7.03. The van der Waals surface area contributed by atoms with Gasteiger partial charge in [-0.05, 0) is 43.4 Å². The minimum Gasteiger partial charge on any atom is -0.380 e. The molecule has 1 aliphatic rings. The minimum atomic E-state index is 0.420. The zero-order chi connectivity index (χ0) is 13.5. The van der Waals surface area contributed by atoms with Crippen molar-refractivity contribution >= 4 is 17.3 Å². The lowest BCUT2D eigenvalue weighted by Gasteiger charge is -2.23. The van der Waals surface area contributed by atoms with E-state index in [1.165, 1.54) is 12.8 Å². The highest BCUT2D eigenvalue weighted by atomic mass is 35.5. The molecule has 0 spiro atoms. The lowest BCUT2D eigenvalue weighted by atomic mass is 10.0. The van der Waals surface area contributed by atoms with E-state index in [1.807, 2.05) is 29.1 Å². The monoisotopic (exact) mass is 275 g/mol. The van der Waals surface area contributed by atoms with Crippen molar-refractivity contribution in [2.24, 2.45) is 5.41 Å². The largest absolute Gasteiger partial charge is 0.380 e. The Bertz CT molecular complexity index is 573. The van der Waals surface area contributed by atoms with Crippen LogP contribution in [0.15, 0.2) is 36.7 Å². The summed E-state index contributed by atoms with van der Waals surface area (Å²) in [7, 11) is 0. The van der Waals surface area contributed by atoms with E-state index in [0.717, 1.165) is 11.4 Å². The molecular weight excluding hydrogens is 258 g/mol. The molecule has 0 bridgehead atoms. The average Bonchev–Trinajstić information content (AvgIpc) is 2.91. The van der Waals surface area contributed by atoms with Crippen LogP contribution in [0.5, 0.6) is 0 Å². The number of nitrogens with one attached hydrogen (secondary N) is 1. The molecule has 1 fully saturated rings. The number of rotatable bonds is 4. The predicted molar refractivity (Wildman–Crippen MR) is 79.0 cm³/mol. The molecule has 3 nitrogen and oxygen atoms in total. The number of aromatic nitrogens is 2. The van der Waals surface area contributed by atoms with Crippen LogP contribution in [0.4, 0.5) is 5.69 Å². The fourth-order valence-corrected chi connectivity index (χ4v) is 2.56. The highest BCUT2D eigenvalue weighted by molar-refractivity contribution is 6.33. The van der Waals surface area contributed by atoms with E-state index in [1.54, 1.807) is 6.20 Å². The van der Waals surface area contributed by atoms with Crippen molar-refractivity contribution < 1.29 is 0 Å². The topological polar surface area (TPSA) is 29.9 Å². The van der Waals surface area contributed by atoms with Crippen molar-refractivity contribution in [1.29, 1.82) is 0 Å². The summed E-state index contributed by atoms with van der Waals surface area (Å²) in [5.41, 5.74) is 2.38. The molecule has 19 heavy (non-hydrogen) atoms. The normalized spacial score (nSPS) is 18.1. The van der Waals surface area contributed by atoms with Gasteiger partial charge in [-0.25, -0.2) is 4.68 Å². The average molecular weight is 276 g/mol. The number of para-hydroxylation sites is 1. The summed E-state index contributed by atoms with van der Waals surface area (Å²) in [5.74, 6) is 0. The zero-order valence-electron chi connectivity index (χ0n) is 11.2. The van der Waals surface area contributed by atoms with Gasteiger partial charge in [-0.2, -0.15) is 5.10 Å². The van der Waals surface area contributed by atoms with Crippen LogP contribution < -0.4 is 5.32 Å². The summed E-state index contributed by atoms with van der Waals surface area (Å²) in [4.78, 5) is 0. The molecule has 1 unspecified atom stereocenters. The van der Waals surface area contributed by atoms with Gasteiger partial charge < -0.3 is 5.32 Å². The van der Waals surface area contributed by atoms with Crippen LogP contribution in [0.25, 0.3) is 5.69 Å². The fraction of sp³-hybridized carbons (Fsp3) is 0.400. The number of anilines is 1. The Kier molecular flexibility index (Phi) is 3.02. The molecule has 1 aliphatic carbocycles. The van der Waals surface area contributed by atoms with Crippen LogP contribution in [0.3, 0.4) is 0 Å². The first kappa shape index (κ1) is 12.5. The second-order valence-electron chi connectivity index (χ2n) is 5.61. The van der Waals surface area contributed by atoms with Gasteiger partial charge in [0.05, 0.1) is 10.7 Å². The highest BCUT2D eigenvalue weighted by Gasteiger charge is 2.42. The van der Waals surface area contributed by atoms with Crippen molar-refractivity contribution in [2.45, 2.75) is 32.7 Å². The summed E-state index contributed by atoms with van der Waals surface area (Å²) >= 11 is 6.33. The standard InChI is InChI=1S/C15H18ClN3/c1-11(15(2)7-8-15)18-13-6-3-5-12(16)14(13)19-10-4-9-17-19/h3-6,9-11,18H,7-8H2,1-2H3. The number of halogens is 1. The molecule has 0 radical (unpaired) electrons. The molecule has 1 saturated carbocycles. The number of hydrogen-bond donors (Lipinski definition) is 1. The maximum Gasteiger partial charge on any atom is 0.106 e. The van der Waals surface area contributed by atoms with Crippen LogP contribution in [-0.4, -0.2) is 15.8 Å². The second kappa shape index (κ2) is 4.57. The highest BCUT2D eigenvalue weighted by Crippen LogP contribution is 2.49. The van der Waals surface area contributed by atoms with Gasteiger partial charge in [0.1, 0.15) is 5.69 Å². The third-order valence-electron chi connectivity index (χ3n) is 4.18. The molecule has 1 aromatic carbocycles.